The molecule has 0 saturated carbocycles. The third kappa shape index (κ3) is 3.00. The molecule has 2 rings (SSSR count). The summed E-state index contributed by atoms with van der Waals surface area (Å²) in [6.45, 7) is 2.33. The van der Waals surface area contributed by atoms with E-state index >= 15 is 0 Å². The highest BCUT2D eigenvalue weighted by Gasteiger charge is 2.18. The number of hydrogen-bond donors (Lipinski definition) is 0. The minimum atomic E-state index is 0.595. The van der Waals surface area contributed by atoms with Crippen molar-refractivity contribution in [2.45, 2.75) is 19.3 Å². The van der Waals surface area contributed by atoms with Crippen molar-refractivity contribution < 1.29 is 0 Å². The summed E-state index contributed by atoms with van der Waals surface area (Å²) >= 11 is 6.22. The summed E-state index contributed by atoms with van der Waals surface area (Å²) in [5, 5.41) is 9.59. The van der Waals surface area contributed by atoms with Crippen molar-refractivity contribution in [3.05, 3.63) is 34.3 Å². The Morgan fingerprint density at radius 3 is 2.76 bits per heavy atom. The Kier molecular flexibility index (Phi) is 4.04. The van der Waals surface area contributed by atoms with Crippen LogP contribution in [0.25, 0.3) is 0 Å². The predicted molar refractivity (Wildman–Crippen MR) is 70.1 cm³/mol. The largest absolute Gasteiger partial charge is 0.306 e. The van der Waals surface area contributed by atoms with Gasteiger partial charge in [-0.25, -0.2) is 0 Å². The average molecular weight is 249 g/mol. The molecule has 0 unspecified atom stereocenters. The van der Waals surface area contributed by atoms with Gasteiger partial charge in [-0.3, -0.25) is 0 Å². The number of hydrogen-bond acceptors (Lipinski definition) is 2. The van der Waals surface area contributed by atoms with E-state index in [4.69, 9.17) is 16.9 Å². The number of piperidine rings is 1. The van der Waals surface area contributed by atoms with Crippen LogP contribution >= 0.6 is 11.6 Å². The van der Waals surface area contributed by atoms with Crippen LogP contribution in [-0.4, -0.2) is 25.0 Å². The highest BCUT2D eigenvalue weighted by molar-refractivity contribution is 6.32. The zero-order valence-corrected chi connectivity index (χ0v) is 10.9. The molecule has 0 spiro atoms. The van der Waals surface area contributed by atoms with Crippen molar-refractivity contribution in [1.29, 1.82) is 5.26 Å². The van der Waals surface area contributed by atoms with Gasteiger partial charge >= 0.3 is 0 Å². The summed E-state index contributed by atoms with van der Waals surface area (Å²) in [4.78, 5) is 2.36. The first kappa shape index (κ1) is 12.4. The van der Waals surface area contributed by atoms with Crippen LogP contribution in [0.1, 0.15) is 24.0 Å². The Morgan fingerprint density at radius 1 is 1.41 bits per heavy atom. The summed E-state index contributed by atoms with van der Waals surface area (Å²) < 4.78 is 0. The van der Waals surface area contributed by atoms with Crippen molar-refractivity contribution in [1.82, 2.24) is 4.90 Å². The molecule has 1 aromatic carbocycles. The molecule has 0 aliphatic carbocycles. The van der Waals surface area contributed by atoms with E-state index in [1.807, 2.05) is 12.1 Å². The standard InChI is InChI=1S/C14H17ClN2/c1-17-7-5-11(6-8-17)9-12-3-2-4-13(10-16)14(12)15/h2-4,11H,5-9H2,1H3. The van der Waals surface area contributed by atoms with Crippen molar-refractivity contribution in [2.75, 3.05) is 20.1 Å². The van der Waals surface area contributed by atoms with Gasteiger partial charge in [-0.05, 0) is 56.9 Å². The molecule has 17 heavy (non-hydrogen) atoms. The van der Waals surface area contributed by atoms with Gasteiger partial charge in [-0.1, -0.05) is 23.7 Å². The van der Waals surface area contributed by atoms with Gasteiger partial charge < -0.3 is 4.90 Å². The van der Waals surface area contributed by atoms with Crippen LogP contribution in [0.5, 0.6) is 0 Å². The molecule has 1 heterocycles. The number of rotatable bonds is 2. The van der Waals surface area contributed by atoms with Crippen LogP contribution in [0.4, 0.5) is 0 Å². The minimum Gasteiger partial charge on any atom is -0.306 e. The first-order valence-corrected chi connectivity index (χ1v) is 6.44. The van der Waals surface area contributed by atoms with E-state index in [0.717, 1.165) is 12.0 Å². The van der Waals surface area contributed by atoms with Crippen LogP contribution in [0.15, 0.2) is 18.2 Å². The third-order valence-electron chi connectivity index (χ3n) is 3.55. The molecule has 0 radical (unpaired) electrons. The zero-order valence-electron chi connectivity index (χ0n) is 10.1. The molecule has 1 aliphatic rings. The van der Waals surface area contributed by atoms with Gasteiger partial charge in [0.15, 0.2) is 0 Å². The van der Waals surface area contributed by atoms with Gasteiger partial charge in [-0.15, -0.1) is 0 Å². The van der Waals surface area contributed by atoms with E-state index in [9.17, 15) is 0 Å². The van der Waals surface area contributed by atoms with E-state index in [1.165, 1.54) is 25.9 Å². The van der Waals surface area contributed by atoms with Crippen molar-refractivity contribution in [3.8, 4) is 6.07 Å². The predicted octanol–water partition coefficient (Wildman–Crippen LogP) is 3.10. The monoisotopic (exact) mass is 248 g/mol. The molecule has 1 saturated heterocycles. The minimum absolute atomic E-state index is 0.595. The van der Waals surface area contributed by atoms with E-state index in [2.05, 4.69) is 18.0 Å². The molecule has 3 heteroatoms. The van der Waals surface area contributed by atoms with Crippen LogP contribution < -0.4 is 0 Å². The molecule has 90 valence electrons. The van der Waals surface area contributed by atoms with E-state index in [-0.39, 0.29) is 0 Å². The number of nitriles is 1. The van der Waals surface area contributed by atoms with Gasteiger partial charge in [-0.2, -0.15) is 5.26 Å². The Morgan fingerprint density at radius 2 is 2.12 bits per heavy atom. The first-order valence-electron chi connectivity index (χ1n) is 6.06. The second-order valence-electron chi connectivity index (χ2n) is 4.84. The SMILES string of the molecule is CN1CCC(Cc2cccc(C#N)c2Cl)CC1. The second-order valence-corrected chi connectivity index (χ2v) is 5.22. The maximum atomic E-state index is 8.94. The van der Waals surface area contributed by atoms with Gasteiger partial charge in [0.2, 0.25) is 0 Å². The first-order chi connectivity index (χ1) is 8.20. The van der Waals surface area contributed by atoms with Crippen molar-refractivity contribution >= 4 is 11.6 Å². The molecule has 0 bridgehead atoms. The van der Waals surface area contributed by atoms with Crippen LogP contribution in [0.2, 0.25) is 5.02 Å². The number of halogens is 1. The fourth-order valence-corrected chi connectivity index (χ4v) is 2.65. The summed E-state index contributed by atoms with van der Waals surface area (Å²) in [5.74, 6) is 0.706. The molecule has 0 N–H and O–H groups in total. The lowest BCUT2D eigenvalue weighted by molar-refractivity contribution is 0.219. The van der Waals surface area contributed by atoms with Crippen LogP contribution in [0.3, 0.4) is 0 Å². The summed E-state index contributed by atoms with van der Waals surface area (Å²) in [5.41, 5.74) is 1.72. The highest BCUT2D eigenvalue weighted by Crippen LogP contribution is 2.27. The third-order valence-corrected chi connectivity index (χ3v) is 3.99. The quantitative estimate of drug-likeness (QED) is 0.804. The Hall–Kier alpha value is -1.04. The van der Waals surface area contributed by atoms with Gasteiger partial charge in [0, 0.05) is 0 Å². The number of likely N-dealkylation sites (tertiary alicyclic amines) is 1. The number of nitrogens with zero attached hydrogens (tertiary/aromatic N) is 2. The smallest absolute Gasteiger partial charge is 0.101 e. The Bertz CT molecular complexity index is 428. The van der Waals surface area contributed by atoms with Crippen molar-refractivity contribution in [2.24, 2.45) is 5.92 Å². The Labute approximate surface area is 108 Å². The molecule has 1 fully saturated rings. The van der Waals surface area contributed by atoms with Gasteiger partial charge in [0.05, 0.1) is 10.6 Å². The molecular weight excluding hydrogens is 232 g/mol. The molecule has 1 aromatic rings. The molecule has 0 atom stereocenters. The summed E-state index contributed by atoms with van der Waals surface area (Å²) in [6.07, 6.45) is 3.45. The van der Waals surface area contributed by atoms with Gasteiger partial charge in [0.1, 0.15) is 6.07 Å². The van der Waals surface area contributed by atoms with Crippen LogP contribution in [0, 0.1) is 17.2 Å². The molecule has 0 amide bonds. The zero-order chi connectivity index (χ0) is 12.3. The fourth-order valence-electron chi connectivity index (χ4n) is 2.40. The van der Waals surface area contributed by atoms with E-state index in [1.54, 1.807) is 6.07 Å². The summed E-state index contributed by atoms with van der Waals surface area (Å²) in [7, 11) is 2.17. The molecule has 2 nitrogen and oxygen atoms in total. The maximum Gasteiger partial charge on any atom is 0.101 e. The van der Waals surface area contributed by atoms with Crippen molar-refractivity contribution in [3.63, 3.8) is 0 Å². The van der Waals surface area contributed by atoms with Crippen LogP contribution in [-0.2, 0) is 6.42 Å². The van der Waals surface area contributed by atoms with Gasteiger partial charge in [0.25, 0.3) is 0 Å². The lowest BCUT2D eigenvalue weighted by Gasteiger charge is -2.29. The molecule has 0 aromatic heterocycles. The fraction of sp³-hybridized carbons (Fsp3) is 0.500. The molecule has 1 aliphatic heterocycles. The Balaban J connectivity index is 2.06. The maximum absolute atomic E-state index is 8.94. The second kappa shape index (κ2) is 5.53. The average Bonchev–Trinajstić information content (AvgIpc) is 2.35. The highest BCUT2D eigenvalue weighted by atomic mass is 35.5. The molecular formula is C14H17ClN2. The normalized spacial score (nSPS) is 17.9. The van der Waals surface area contributed by atoms with E-state index in [0.29, 0.717) is 16.5 Å². The topological polar surface area (TPSA) is 27.0 Å². The lowest BCUT2D eigenvalue weighted by atomic mass is 9.90. The summed E-state index contributed by atoms with van der Waals surface area (Å²) in [6, 6.07) is 7.89. The number of benzene rings is 1. The lowest BCUT2D eigenvalue weighted by Crippen LogP contribution is -2.31. The van der Waals surface area contributed by atoms with E-state index < -0.39 is 0 Å².